The Morgan fingerprint density at radius 3 is 2.71 bits per heavy atom. The van der Waals surface area contributed by atoms with E-state index in [9.17, 15) is 4.79 Å². The monoisotopic (exact) mass is 360 g/mol. The second-order valence-corrected chi connectivity index (χ2v) is 5.87. The molecule has 1 aromatic rings. The second kappa shape index (κ2) is 5.08. The number of nitrogens with zero attached hydrogens (tertiary/aromatic N) is 1. The molecule has 1 saturated heterocycles. The summed E-state index contributed by atoms with van der Waals surface area (Å²) in [5.41, 5.74) is 7.15. The Balaban J connectivity index is 2.37. The molecule has 92 valence electrons. The van der Waals surface area contributed by atoms with E-state index in [1.54, 1.807) is 0 Å². The second-order valence-electron chi connectivity index (χ2n) is 4.17. The van der Waals surface area contributed by atoms with E-state index < -0.39 is 0 Å². The number of likely N-dealkylation sites (N-methyl/N-ethyl adjacent to an activating group) is 1. The summed E-state index contributed by atoms with van der Waals surface area (Å²) < 4.78 is 1.99. The van der Waals surface area contributed by atoms with Gasteiger partial charge >= 0.3 is 0 Å². The van der Waals surface area contributed by atoms with Gasteiger partial charge in [-0.3, -0.25) is 4.79 Å². The van der Waals surface area contributed by atoms with Crippen molar-refractivity contribution >= 4 is 37.8 Å². The lowest BCUT2D eigenvalue weighted by molar-refractivity contribution is -0.128. The molecule has 0 aliphatic carbocycles. The van der Waals surface area contributed by atoms with Crippen molar-refractivity contribution in [2.45, 2.75) is 25.4 Å². The number of carbonyl (C=O) groups is 1. The molecule has 2 atom stereocenters. The van der Waals surface area contributed by atoms with Crippen LogP contribution in [0.4, 0.5) is 0 Å². The maximum absolute atomic E-state index is 11.8. The molecule has 1 aliphatic rings. The van der Waals surface area contributed by atoms with Crippen molar-refractivity contribution in [3.63, 3.8) is 0 Å². The van der Waals surface area contributed by atoms with Crippen LogP contribution in [0.1, 0.15) is 24.9 Å². The number of hydrogen-bond acceptors (Lipinski definition) is 2. The lowest BCUT2D eigenvalue weighted by Crippen LogP contribution is -2.32. The van der Waals surface area contributed by atoms with Crippen LogP contribution in [0, 0.1) is 0 Å². The minimum absolute atomic E-state index is 0.00287. The van der Waals surface area contributed by atoms with Crippen LogP contribution >= 0.6 is 31.9 Å². The highest BCUT2D eigenvalue weighted by atomic mass is 79.9. The number of nitrogens with two attached hydrogens (primary N) is 1. The van der Waals surface area contributed by atoms with E-state index in [2.05, 4.69) is 31.9 Å². The summed E-state index contributed by atoms with van der Waals surface area (Å²) in [5.74, 6) is 0.143. The van der Waals surface area contributed by atoms with Gasteiger partial charge < -0.3 is 10.6 Å². The largest absolute Gasteiger partial charge is 0.334 e. The minimum atomic E-state index is -0.115. The molecule has 0 aromatic heterocycles. The molecule has 2 rings (SSSR count). The van der Waals surface area contributed by atoms with Crippen molar-refractivity contribution in [1.82, 2.24) is 4.90 Å². The number of halogens is 2. The maximum atomic E-state index is 11.8. The van der Waals surface area contributed by atoms with Crippen molar-refractivity contribution in [1.29, 1.82) is 0 Å². The number of benzene rings is 1. The molecule has 3 nitrogen and oxygen atoms in total. The normalized spacial score (nSPS) is 24.5. The standard InChI is InChI=1S/C12H14Br2N2O/c1-2-16-11(17)6-10(15)12(16)7-3-4-8(13)9(14)5-7/h3-5,10,12H,2,6,15H2,1H3. The van der Waals surface area contributed by atoms with Gasteiger partial charge in [-0.05, 0) is 56.5 Å². The fourth-order valence-electron chi connectivity index (χ4n) is 2.31. The first-order valence-corrected chi connectivity index (χ1v) is 7.13. The quantitative estimate of drug-likeness (QED) is 0.880. The maximum Gasteiger partial charge on any atom is 0.224 e. The minimum Gasteiger partial charge on any atom is -0.334 e. The zero-order chi connectivity index (χ0) is 12.6. The van der Waals surface area contributed by atoms with Crippen LogP contribution in [-0.2, 0) is 4.79 Å². The van der Waals surface area contributed by atoms with Crippen molar-refractivity contribution < 1.29 is 4.79 Å². The number of carbonyl (C=O) groups excluding carboxylic acids is 1. The number of hydrogen-bond donors (Lipinski definition) is 1. The van der Waals surface area contributed by atoms with E-state index in [0.29, 0.717) is 13.0 Å². The Morgan fingerprint density at radius 1 is 1.41 bits per heavy atom. The number of rotatable bonds is 2. The van der Waals surface area contributed by atoms with E-state index in [4.69, 9.17) is 5.73 Å². The molecule has 0 spiro atoms. The Hall–Kier alpha value is -0.390. The zero-order valence-corrected chi connectivity index (χ0v) is 12.7. The number of amides is 1. The smallest absolute Gasteiger partial charge is 0.224 e. The van der Waals surface area contributed by atoms with Crippen LogP contribution in [0.25, 0.3) is 0 Å². The third kappa shape index (κ3) is 2.41. The number of likely N-dealkylation sites (tertiary alicyclic amines) is 1. The van der Waals surface area contributed by atoms with Gasteiger partial charge in [0.05, 0.1) is 6.04 Å². The van der Waals surface area contributed by atoms with Crippen molar-refractivity contribution in [2.24, 2.45) is 5.73 Å². The molecule has 2 unspecified atom stereocenters. The van der Waals surface area contributed by atoms with Gasteiger partial charge in [-0.1, -0.05) is 6.07 Å². The van der Waals surface area contributed by atoms with Crippen LogP contribution in [0.5, 0.6) is 0 Å². The molecule has 5 heteroatoms. The van der Waals surface area contributed by atoms with Gasteiger partial charge in [0.1, 0.15) is 0 Å². The first-order valence-electron chi connectivity index (χ1n) is 5.54. The highest BCUT2D eigenvalue weighted by Gasteiger charge is 2.37. The molecule has 1 aliphatic heterocycles. The van der Waals surface area contributed by atoms with Gasteiger partial charge in [0.2, 0.25) is 5.91 Å². The Bertz CT molecular complexity index is 450. The molecule has 1 amide bonds. The molecule has 1 aromatic carbocycles. The summed E-state index contributed by atoms with van der Waals surface area (Å²) in [4.78, 5) is 13.6. The van der Waals surface area contributed by atoms with Gasteiger partial charge in [0.15, 0.2) is 0 Å². The summed E-state index contributed by atoms with van der Waals surface area (Å²) in [6.45, 7) is 2.68. The first kappa shape index (κ1) is 13.1. The van der Waals surface area contributed by atoms with Crippen LogP contribution in [0.2, 0.25) is 0 Å². The lowest BCUT2D eigenvalue weighted by atomic mass is 10.0. The highest BCUT2D eigenvalue weighted by molar-refractivity contribution is 9.13. The van der Waals surface area contributed by atoms with Crippen LogP contribution < -0.4 is 5.73 Å². The Kier molecular flexibility index (Phi) is 3.90. The molecule has 0 radical (unpaired) electrons. The lowest BCUT2D eigenvalue weighted by Gasteiger charge is -2.26. The van der Waals surface area contributed by atoms with Gasteiger partial charge in [0, 0.05) is 28.0 Å². The first-order chi connectivity index (χ1) is 8.04. The predicted molar refractivity (Wildman–Crippen MR) is 74.6 cm³/mol. The summed E-state index contributed by atoms with van der Waals surface area (Å²) in [5, 5.41) is 0. The van der Waals surface area contributed by atoms with Gasteiger partial charge in [0.25, 0.3) is 0 Å². The topological polar surface area (TPSA) is 46.3 Å². The fourth-order valence-corrected chi connectivity index (χ4v) is 2.96. The molecule has 2 N–H and O–H groups in total. The third-order valence-electron chi connectivity index (χ3n) is 3.10. The van der Waals surface area contributed by atoms with E-state index in [-0.39, 0.29) is 18.0 Å². The highest BCUT2D eigenvalue weighted by Crippen LogP contribution is 2.34. The average Bonchev–Trinajstić information content (AvgIpc) is 2.57. The third-order valence-corrected chi connectivity index (χ3v) is 4.98. The van der Waals surface area contributed by atoms with Gasteiger partial charge in [-0.2, -0.15) is 0 Å². The summed E-state index contributed by atoms with van der Waals surface area (Å²) in [6.07, 6.45) is 0.437. The van der Waals surface area contributed by atoms with E-state index in [0.717, 1.165) is 14.5 Å². The molecular formula is C12H14Br2N2O. The van der Waals surface area contributed by atoms with Crippen molar-refractivity contribution in [2.75, 3.05) is 6.54 Å². The van der Waals surface area contributed by atoms with Crippen LogP contribution in [0.3, 0.4) is 0 Å². The Labute approximate surface area is 118 Å². The van der Waals surface area contributed by atoms with E-state index >= 15 is 0 Å². The summed E-state index contributed by atoms with van der Waals surface area (Å²) in [6, 6.07) is 5.90. The SMILES string of the molecule is CCN1C(=O)CC(N)C1c1ccc(Br)c(Br)c1. The van der Waals surface area contributed by atoms with Crippen molar-refractivity contribution in [3.8, 4) is 0 Å². The van der Waals surface area contributed by atoms with Gasteiger partial charge in [-0.25, -0.2) is 0 Å². The Morgan fingerprint density at radius 2 is 2.12 bits per heavy atom. The predicted octanol–water partition coefficient (Wildman–Crippen LogP) is 2.83. The molecule has 17 heavy (non-hydrogen) atoms. The van der Waals surface area contributed by atoms with Gasteiger partial charge in [-0.15, -0.1) is 0 Å². The zero-order valence-electron chi connectivity index (χ0n) is 9.49. The molecular weight excluding hydrogens is 348 g/mol. The van der Waals surface area contributed by atoms with E-state index in [1.165, 1.54) is 0 Å². The molecule has 0 saturated carbocycles. The molecule has 0 bridgehead atoms. The van der Waals surface area contributed by atoms with Crippen molar-refractivity contribution in [3.05, 3.63) is 32.7 Å². The summed E-state index contributed by atoms with van der Waals surface area (Å²) in [7, 11) is 0. The summed E-state index contributed by atoms with van der Waals surface area (Å²) >= 11 is 6.92. The average molecular weight is 362 g/mol. The van der Waals surface area contributed by atoms with Crippen LogP contribution in [-0.4, -0.2) is 23.4 Å². The fraction of sp³-hybridized carbons (Fsp3) is 0.417. The molecule has 1 fully saturated rings. The van der Waals surface area contributed by atoms with Crippen LogP contribution in [0.15, 0.2) is 27.1 Å². The van der Waals surface area contributed by atoms with E-state index in [1.807, 2.05) is 30.0 Å². The molecule has 1 heterocycles.